The normalized spacial score (nSPS) is 26.8. The van der Waals surface area contributed by atoms with Gasteiger partial charge in [-0.1, -0.05) is 44.0 Å². The SMILES string of the molecule is Cc1ccccc1C(NN)C1CCC(C)CC1. The fraction of sp³-hybridized carbons (Fsp3) is 0.600. The minimum absolute atomic E-state index is 0.323. The van der Waals surface area contributed by atoms with Gasteiger partial charge in [0.2, 0.25) is 0 Å². The van der Waals surface area contributed by atoms with Crippen molar-refractivity contribution in [3.05, 3.63) is 35.4 Å². The van der Waals surface area contributed by atoms with Crippen LogP contribution in [0.25, 0.3) is 0 Å². The molecule has 0 bridgehead atoms. The lowest BCUT2D eigenvalue weighted by atomic mass is 9.77. The monoisotopic (exact) mass is 232 g/mol. The molecule has 0 amide bonds. The van der Waals surface area contributed by atoms with Gasteiger partial charge < -0.3 is 0 Å². The second kappa shape index (κ2) is 5.65. The Morgan fingerprint density at radius 2 is 1.82 bits per heavy atom. The highest BCUT2D eigenvalue weighted by Crippen LogP contribution is 2.37. The fourth-order valence-electron chi connectivity index (χ4n) is 3.03. The topological polar surface area (TPSA) is 38.0 Å². The van der Waals surface area contributed by atoms with E-state index in [4.69, 9.17) is 5.84 Å². The van der Waals surface area contributed by atoms with Crippen molar-refractivity contribution in [3.63, 3.8) is 0 Å². The number of hydrazine groups is 1. The van der Waals surface area contributed by atoms with Crippen LogP contribution in [0.15, 0.2) is 24.3 Å². The molecule has 0 spiro atoms. The smallest absolute Gasteiger partial charge is 0.0490 e. The third kappa shape index (κ3) is 2.88. The molecule has 1 saturated carbocycles. The fourth-order valence-corrected chi connectivity index (χ4v) is 3.03. The molecular weight excluding hydrogens is 208 g/mol. The van der Waals surface area contributed by atoms with E-state index in [1.165, 1.54) is 36.8 Å². The van der Waals surface area contributed by atoms with Crippen molar-refractivity contribution < 1.29 is 0 Å². The van der Waals surface area contributed by atoms with Gasteiger partial charge in [-0.15, -0.1) is 0 Å². The van der Waals surface area contributed by atoms with Gasteiger partial charge in [0.15, 0.2) is 0 Å². The quantitative estimate of drug-likeness (QED) is 0.619. The molecule has 0 saturated heterocycles. The number of nitrogens with two attached hydrogens (primary N) is 1. The maximum Gasteiger partial charge on any atom is 0.0490 e. The van der Waals surface area contributed by atoms with Gasteiger partial charge in [0.05, 0.1) is 0 Å². The summed E-state index contributed by atoms with van der Waals surface area (Å²) < 4.78 is 0. The minimum atomic E-state index is 0.323. The van der Waals surface area contributed by atoms with Crippen molar-refractivity contribution in [2.75, 3.05) is 0 Å². The third-order valence-electron chi connectivity index (χ3n) is 4.23. The molecule has 2 nitrogen and oxygen atoms in total. The number of rotatable bonds is 3. The summed E-state index contributed by atoms with van der Waals surface area (Å²) in [6, 6.07) is 8.90. The van der Waals surface area contributed by atoms with E-state index in [-0.39, 0.29) is 0 Å². The molecule has 17 heavy (non-hydrogen) atoms. The van der Waals surface area contributed by atoms with Gasteiger partial charge in [-0.05, 0) is 42.7 Å². The van der Waals surface area contributed by atoms with Gasteiger partial charge in [0.25, 0.3) is 0 Å². The Kier molecular flexibility index (Phi) is 4.19. The Labute approximate surface area is 105 Å². The molecule has 0 aliphatic heterocycles. The highest BCUT2D eigenvalue weighted by atomic mass is 15.2. The zero-order chi connectivity index (χ0) is 12.3. The van der Waals surface area contributed by atoms with Crippen LogP contribution in [0, 0.1) is 18.8 Å². The number of nitrogens with one attached hydrogen (secondary N) is 1. The molecule has 1 atom stereocenters. The van der Waals surface area contributed by atoms with Gasteiger partial charge in [0.1, 0.15) is 0 Å². The third-order valence-corrected chi connectivity index (χ3v) is 4.23. The maximum atomic E-state index is 5.79. The highest BCUT2D eigenvalue weighted by molar-refractivity contribution is 5.29. The first kappa shape index (κ1) is 12.6. The second-order valence-corrected chi connectivity index (χ2v) is 5.52. The van der Waals surface area contributed by atoms with Crippen molar-refractivity contribution in [3.8, 4) is 0 Å². The van der Waals surface area contributed by atoms with Crippen LogP contribution in [0.2, 0.25) is 0 Å². The van der Waals surface area contributed by atoms with E-state index in [1.807, 2.05) is 0 Å². The molecule has 1 fully saturated rings. The Hall–Kier alpha value is -0.860. The second-order valence-electron chi connectivity index (χ2n) is 5.52. The van der Waals surface area contributed by atoms with E-state index >= 15 is 0 Å². The van der Waals surface area contributed by atoms with Crippen molar-refractivity contribution in [2.45, 2.75) is 45.6 Å². The van der Waals surface area contributed by atoms with Crippen LogP contribution < -0.4 is 11.3 Å². The van der Waals surface area contributed by atoms with Crippen LogP contribution >= 0.6 is 0 Å². The molecule has 0 radical (unpaired) electrons. The average molecular weight is 232 g/mol. The van der Waals surface area contributed by atoms with E-state index < -0.39 is 0 Å². The van der Waals surface area contributed by atoms with E-state index in [9.17, 15) is 0 Å². The lowest BCUT2D eigenvalue weighted by molar-refractivity contribution is 0.232. The first-order valence-corrected chi connectivity index (χ1v) is 6.74. The molecule has 2 heteroatoms. The lowest BCUT2D eigenvalue weighted by Gasteiger charge is -2.33. The molecule has 1 aliphatic carbocycles. The first-order chi connectivity index (χ1) is 8.22. The number of aryl methyl sites for hydroxylation is 1. The summed E-state index contributed by atoms with van der Waals surface area (Å²) in [5.74, 6) is 7.37. The van der Waals surface area contributed by atoms with Crippen LogP contribution in [0.3, 0.4) is 0 Å². The Morgan fingerprint density at radius 1 is 1.18 bits per heavy atom. The van der Waals surface area contributed by atoms with Gasteiger partial charge in [0, 0.05) is 6.04 Å². The number of hydrogen-bond acceptors (Lipinski definition) is 2. The molecule has 1 aromatic rings. The molecule has 1 aromatic carbocycles. The largest absolute Gasteiger partial charge is 0.271 e. The minimum Gasteiger partial charge on any atom is -0.271 e. The molecular formula is C15H24N2. The van der Waals surface area contributed by atoms with Crippen LogP contribution in [-0.4, -0.2) is 0 Å². The van der Waals surface area contributed by atoms with Crippen LogP contribution in [-0.2, 0) is 0 Å². The number of benzene rings is 1. The summed E-state index contributed by atoms with van der Waals surface area (Å²) in [6.07, 6.45) is 5.28. The van der Waals surface area contributed by atoms with Gasteiger partial charge >= 0.3 is 0 Å². The zero-order valence-corrected chi connectivity index (χ0v) is 10.9. The summed E-state index contributed by atoms with van der Waals surface area (Å²) in [4.78, 5) is 0. The highest BCUT2D eigenvalue weighted by Gasteiger charge is 2.27. The molecule has 94 valence electrons. The molecule has 0 heterocycles. The predicted molar refractivity (Wildman–Crippen MR) is 72.4 cm³/mol. The van der Waals surface area contributed by atoms with Crippen LogP contribution in [0.5, 0.6) is 0 Å². The van der Waals surface area contributed by atoms with E-state index in [1.54, 1.807) is 0 Å². The maximum absolute atomic E-state index is 5.79. The average Bonchev–Trinajstić information content (AvgIpc) is 2.35. The van der Waals surface area contributed by atoms with Crippen molar-refractivity contribution in [1.29, 1.82) is 0 Å². The Morgan fingerprint density at radius 3 is 2.41 bits per heavy atom. The summed E-state index contributed by atoms with van der Waals surface area (Å²) in [6.45, 7) is 4.53. The van der Waals surface area contributed by atoms with Crippen LogP contribution in [0.1, 0.15) is 49.8 Å². The summed E-state index contributed by atoms with van der Waals surface area (Å²) in [5, 5.41) is 0. The molecule has 3 N–H and O–H groups in total. The summed E-state index contributed by atoms with van der Waals surface area (Å²) >= 11 is 0. The molecule has 1 aliphatic rings. The summed E-state index contributed by atoms with van der Waals surface area (Å²) in [7, 11) is 0. The predicted octanol–water partition coefficient (Wildman–Crippen LogP) is 3.33. The van der Waals surface area contributed by atoms with E-state index in [0.29, 0.717) is 12.0 Å². The zero-order valence-electron chi connectivity index (χ0n) is 10.9. The van der Waals surface area contributed by atoms with Crippen molar-refractivity contribution in [2.24, 2.45) is 17.7 Å². The molecule has 1 unspecified atom stereocenters. The first-order valence-electron chi connectivity index (χ1n) is 6.74. The van der Waals surface area contributed by atoms with E-state index in [2.05, 4.69) is 43.5 Å². The van der Waals surface area contributed by atoms with E-state index in [0.717, 1.165) is 5.92 Å². The molecule has 0 aromatic heterocycles. The van der Waals surface area contributed by atoms with Gasteiger partial charge in [-0.3, -0.25) is 11.3 Å². The lowest BCUT2D eigenvalue weighted by Crippen LogP contribution is -2.35. The molecule has 2 rings (SSSR count). The standard InChI is InChI=1S/C15H24N2/c1-11-7-9-13(10-8-11)15(17-16)14-6-4-3-5-12(14)2/h3-6,11,13,15,17H,7-10,16H2,1-2H3. The Bertz CT molecular complexity index is 354. The van der Waals surface area contributed by atoms with Crippen molar-refractivity contribution >= 4 is 0 Å². The van der Waals surface area contributed by atoms with Crippen molar-refractivity contribution in [1.82, 2.24) is 5.43 Å². The van der Waals surface area contributed by atoms with Crippen LogP contribution in [0.4, 0.5) is 0 Å². The Balaban J connectivity index is 2.14. The van der Waals surface area contributed by atoms with Gasteiger partial charge in [-0.2, -0.15) is 0 Å². The summed E-state index contributed by atoms with van der Waals surface area (Å²) in [5.41, 5.74) is 5.76. The number of hydrogen-bond donors (Lipinski definition) is 2. The van der Waals surface area contributed by atoms with Gasteiger partial charge in [-0.25, -0.2) is 0 Å².